The number of non-ortho nitro benzene ring substituents is 1. The van der Waals surface area contributed by atoms with Crippen molar-refractivity contribution >= 4 is 28.8 Å². The van der Waals surface area contributed by atoms with Gasteiger partial charge in [-0.25, -0.2) is 4.90 Å². The van der Waals surface area contributed by atoms with Crippen LogP contribution in [0.5, 0.6) is 5.75 Å². The van der Waals surface area contributed by atoms with Gasteiger partial charge in [0.15, 0.2) is 0 Å². The number of benzene rings is 2. The van der Waals surface area contributed by atoms with E-state index in [0.717, 1.165) is 23.3 Å². The molecule has 1 saturated heterocycles. The number of aryl methyl sites for hydroxylation is 1. The van der Waals surface area contributed by atoms with Crippen molar-refractivity contribution in [3.63, 3.8) is 0 Å². The summed E-state index contributed by atoms with van der Waals surface area (Å²) in [6, 6.07) is 11.1. The molecule has 0 saturated carbocycles. The highest BCUT2D eigenvalue weighted by Crippen LogP contribution is 2.40. The fourth-order valence-electron chi connectivity index (χ4n) is 4.41. The lowest BCUT2D eigenvalue weighted by molar-refractivity contribution is -0.384. The summed E-state index contributed by atoms with van der Waals surface area (Å²) >= 11 is 0. The van der Waals surface area contributed by atoms with Gasteiger partial charge in [-0.05, 0) is 61.1 Å². The zero-order chi connectivity index (χ0) is 23.0. The van der Waals surface area contributed by atoms with Gasteiger partial charge in [0, 0.05) is 25.2 Å². The molecule has 0 radical (unpaired) electrons. The Labute approximate surface area is 186 Å². The molecule has 1 fully saturated rings. The van der Waals surface area contributed by atoms with Gasteiger partial charge in [0.1, 0.15) is 11.4 Å². The first kappa shape index (κ1) is 21.5. The number of piperidine rings is 1. The number of likely N-dealkylation sites (tertiary alicyclic amines) is 1. The number of ether oxygens (including phenoxy) is 1. The summed E-state index contributed by atoms with van der Waals surface area (Å²) in [6.07, 6.45) is 1.99. The molecule has 166 valence electrons. The summed E-state index contributed by atoms with van der Waals surface area (Å²) < 4.78 is 5.44. The minimum atomic E-state index is -0.489. The molecule has 2 amide bonds. The number of carbonyl (C=O) groups excluding carboxylic acids is 2. The molecule has 2 aromatic carbocycles. The second-order valence-electron chi connectivity index (χ2n) is 8.34. The Bertz CT molecular complexity index is 1120. The molecular formula is C24H25N3O5. The molecule has 4 rings (SSSR count). The maximum absolute atomic E-state index is 13.7. The first-order valence-corrected chi connectivity index (χ1v) is 10.6. The van der Waals surface area contributed by atoms with Crippen LogP contribution in [0.1, 0.15) is 30.9 Å². The van der Waals surface area contributed by atoms with Crippen LogP contribution < -0.4 is 9.64 Å². The second-order valence-corrected chi connectivity index (χ2v) is 8.34. The van der Waals surface area contributed by atoms with Crippen LogP contribution in [-0.2, 0) is 9.59 Å². The molecule has 0 N–H and O–H groups in total. The quantitative estimate of drug-likeness (QED) is 0.401. The Morgan fingerprint density at radius 3 is 2.44 bits per heavy atom. The van der Waals surface area contributed by atoms with Gasteiger partial charge in [0.2, 0.25) is 0 Å². The van der Waals surface area contributed by atoms with E-state index in [2.05, 4.69) is 6.92 Å². The van der Waals surface area contributed by atoms with Gasteiger partial charge in [-0.3, -0.25) is 19.7 Å². The van der Waals surface area contributed by atoms with E-state index in [0.29, 0.717) is 41.7 Å². The molecular weight excluding hydrogens is 410 g/mol. The van der Waals surface area contributed by atoms with Gasteiger partial charge in [-0.2, -0.15) is 0 Å². The number of hydrogen-bond acceptors (Lipinski definition) is 6. The Kier molecular flexibility index (Phi) is 5.69. The largest absolute Gasteiger partial charge is 0.495 e. The molecule has 2 aliphatic rings. The van der Waals surface area contributed by atoms with Gasteiger partial charge < -0.3 is 9.64 Å². The third-order valence-electron chi connectivity index (χ3n) is 5.97. The molecule has 0 aromatic heterocycles. The SMILES string of the molecule is COc1ccc(C)cc1N1C(=O)C(c2ccc([N+](=O)[O-])cc2)=C(N2CCCC(C)C2)C1=O. The number of imide groups is 1. The van der Waals surface area contributed by atoms with Crippen LogP contribution in [0, 0.1) is 23.0 Å². The molecule has 2 aliphatic heterocycles. The Hall–Kier alpha value is -3.68. The van der Waals surface area contributed by atoms with Crippen molar-refractivity contribution in [2.45, 2.75) is 26.7 Å². The monoisotopic (exact) mass is 435 g/mol. The van der Waals surface area contributed by atoms with Gasteiger partial charge in [-0.15, -0.1) is 0 Å². The van der Waals surface area contributed by atoms with Gasteiger partial charge in [0.05, 0.1) is 23.3 Å². The fourth-order valence-corrected chi connectivity index (χ4v) is 4.41. The zero-order valence-corrected chi connectivity index (χ0v) is 18.3. The van der Waals surface area contributed by atoms with Crippen molar-refractivity contribution in [1.82, 2.24) is 4.90 Å². The van der Waals surface area contributed by atoms with Crippen molar-refractivity contribution < 1.29 is 19.2 Å². The van der Waals surface area contributed by atoms with Gasteiger partial charge in [0.25, 0.3) is 17.5 Å². The Morgan fingerprint density at radius 1 is 1.09 bits per heavy atom. The van der Waals surface area contributed by atoms with Crippen LogP contribution in [0.2, 0.25) is 0 Å². The molecule has 2 aromatic rings. The predicted octanol–water partition coefficient (Wildman–Crippen LogP) is 3.93. The van der Waals surface area contributed by atoms with E-state index >= 15 is 0 Å². The summed E-state index contributed by atoms with van der Waals surface area (Å²) in [7, 11) is 1.50. The highest BCUT2D eigenvalue weighted by Gasteiger charge is 2.44. The lowest BCUT2D eigenvalue weighted by atomic mass is 9.97. The summed E-state index contributed by atoms with van der Waals surface area (Å²) in [5.41, 5.74) is 2.30. The maximum atomic E-state index is 13.7. The highest BCUT2D eigenvalue weighted by molar-refractivity contribution is 6.45. The standard InChI is InChI=1S/C24H25N3O5/c1-15-6-11-20(32-3)19(13-15)26-23(28)21(17-7-9-18(10-8-17)27(30)31)22(24(26)29)25-12-4-5-16(2)14-25/h6-11,13,16H,4-5,12,14H2,1-3H3. The van der Waals surface area contributed by atoms with E-state index in [4.69, 9.17) is 4.74 Å². The topological polar surface area (TPSA) is 93.0 Å². The van der Waals surface area contributed by atoms with Gasteiger partial charge >= 0.3 is 0 Å². The predicted molar refractivity (Wildman–Crippen MR) is 120 cm³/mol. The molecule has 1 atom stereocenters. The normalized spacial score (nSPS) is 19.0. The van der Waals surface area contributed by atoms with Crippen LogP contribution in [0.15, 0.2) is 48.2 Å². The number of rotatable bonds is 5. The maximum Gasteiger partial charge on any atom is 0.282 e. The summed E-state index contributed by atoms with van der Waals surface area (Å²) in [5, 5.41) is 11.1. The molecule has 8 nitrogen and oxygen atoms in total. The van der Waals surface area contributed by atoms with Crippen molar-refractivity contribution in [1.29, 1.82) is 0 Å². The molecule has 1 unspecified atom stereocenters. The third kappa shape index (κ3) is 3.72. The first-order valence-electron chi connectivity index (χ1n) is 10.6. The number of hydrogen-bond donors (Lipinski definition) is 0. The van der Waals surface area contributed by atoms with Crippen molar-refractivity contribution in [2.24, 2.45) is 5.92 Å². The number of methoxy groups -OCH3 is 1. The number of carbonyl (C=O) groups is 2. The van der Waals surface area contributed by atoms with Crippen molar-refractivity contribution in [2.75, 3.05) is 25.1 Å². The van der Waals surface area contributed by atoms with E-state index < -0.39 is 16.7 Å². The minimum absolute atomic E-state index is 0.0727. The van der Waals surface area contributed by atoms with Crippen LogP contribution in [0.25, 0.3) is 5.57 Å². The average Bonchev–Trinajstić information content (AvgIpc) is 3.03. The lowest BCUT2D eigenvalue weighted by Gasteiger charge is -2.33. The fraction of sp³-hybridized carbons (Fsp3) is 0.333. The van der Waals surface area contributed by atoms with E-state index in [1.54, 1.807) is 12.1 Å². The van der Waals surface area contributed by atoms with Crippen LogP contribution >= 0.6 is 0 Å². The third-order valence-corrected chi connectivity index (χ3v) is 5.97. The van der Waals surface area contributed by atoms with Crippen LogP contribution in [0.3, 0.4) is 0 Å². The number of nitro benzene ring substituents is 1. The zero-order valence-electron chi connectivity index (χ0n) is 18.3. The van der Waals surface area contributed by atoms with E-state index in [1.807, 2.05) is 17.9 Å². The number of amides is 2. The van der Waals surface area contributed by atoms with Gasteiger partial charge in [-0.1, -0.05) is 13.0 Å². The number of anilines is 1. The highest BCUT2D eigenvalue weighted by atomic mass is 16.6. The smallest absolute Gasteiger partial charge is 0.282 e. The average molecular weight is 435 g/mol. The summed E-state index contributed by atoms with van der Waals surface area (Å²) in [5.74, 6) is -0.0456. The number of nitro groups is 1. The van der Waals surface area contributed by atoms with E-state index in [1.165, 1.54) is 31.4 Å². The molecule has 8 heteroatoms. The summed E-state index contributed by atoms with van der Waals surface area (Å²) in [6.45, 7) is 5.35. The first-order chi connectivity index (χ1) is 15.3. The molecule has 2 heterocycles. The molecule has 0 aliphatic carbocycles. The second kappa shape index (κ2) is 8.45. The van der Waals surface area contributed by atoms with Crippen LogP contribution in [-0.4, -0.2) is 41.8 Å². The van der Waals surface area contributed by atoms with Crippen molar-refractivity contribution in [3.05, 3.63) is 69.4 Å². The van der Waals surface area contributed by atoms with E-state index in [-0.39, 0.29) is 11.3 Å². The van der Waals surface area contributed by atoms with Crippen molar-refractivity contribution in [3.8, 4) is 5.75 Å². The number of nitrogens with zero attached hydrogens (tertiary/aromatic N) is 3. The Balaban J connectivity index is 1.85. The molecule has 0 spiro atoms. The molecule has 32 heavy (non-hydrogen) atoms. The lowest BCUT2D eigenvalue weighted by Crippen LogP contribution is -2.39. The Morgan fingerprint density at radius 2 is 1.81 bits per heavy atom. The molecule has 0 bridgehead atoms. The minimum Gasteiger partial charge on any atom is -0.495 e. The van der Waals surface area contributed by atoms with E-state index in [9.17, 15) is 19.7 Å². The summed E-state index contributed by atoms with van der Waals surface area (Å²) in [4.78, 5) is 41.1. The van der Waals surface area contributed by atoms with Crippen LogP contribution in [0.4, 0.5) is 11.4 Å².